The molecule has 1 aliphatic rings. The van der Waals surface area contributed by atoms with Crippen LogP contribution in [0.4, 0.5) is 0 Å². The summed E-state index contributed by atoms with van der Waals surface area (Å²) in [6, 6.07) is 19.3. The average Bonchev–Trinajstić information content (AvgIpc) is 3.12. The fraction of sp³-hybridized carbons (Fsp3) is 0.238. The number of para-hydroxylation sites is 1. The van der Waals surface area contributed by atoms with E-state index in [9.17, 15) is 4.79 Å². The predicted octanol–water partition coefficient (Wildman–Crippen LogP) is 4.11. The molecule has 0 radical (unpaired) electrons. The number of aromatic nitrogens is 1. The van der Waals surface area contributed by atoms with Crippen LogP contribution in [0.15, 0.2) is 60.7 Å². The summed E-state index contributed by atoms with van der Waals surface area (Å²) in [6.07, 6.45) is 1.10. The molecule has 1 amide bonds. The van der Waals surface area contributed by atoms with Gasteiger partial charge in [0.25, 0.3) is 0 Å². The van der Waals surface area contributed by atoms with Gasteiger partial charge in [0, 0.05) is 29.4 Å². The summed E-state index contributed by atoms with van der Waals surface area (Å²) < 4.78 is 6.01. The molecular weight excluding hydrogens is 348 g/mol. The highest BCUT2D eigenvalue weighted by molar-refractivity contribution is 6.31. The molecule has 0 bridgehead atoms. The lowest BCUT2D eigenvalue weighted by molar-refractivity contribution is -0.129. The standard InChI is InChI=1S/C21H19ClN2O2/c22-18-7-3-1-6-16(18)13-21(25)24-12-11-17(14-24)26-20-10-9-15-5-2-4-8-19(15)23-20/h1-10,17H,11-14H2/t17-/m1/s1. The van der Waals surface area contributed by atoms with Crippen LogP contribution in [-0.4, -0.2) is 35.0 Å². The molecule has 2 aromatic carbocycles. The van der Waals surface area contributed by atoms with Crippen molar-refractivity contribution in [2.45, 2.75) is 18.9 Å². The van der Waals surface area contributed by atoms with Crippen molar-refractivity contribution in [1.29, 1.82) is 0 Å². The van der Waals surface area contributed by atoms with Gasteiger partial charge in [-0.3, -0.25) is 4.79 Å². The molecular formula is C21H19ClN2O2. The van der Waals surface area contributed by atoms with Gasteiger partial charge in [-0.05, 0) is 23.8 Å². The minimum absolute atomic E-state index is 0.0288. The average molecular weight is 367 g/mol. The summed E-state index contributed by atoms with van der Waals surface area (Å²) in [6.45, 7) is 1.28. The van der Waals surface area contributed by atoms with Crippen LogP contribution in [-0.2, 0) is 11.2 Å². The number of carbonyl (C=O) groups is 1. The molecule has 0 saturated carbocycles. The molecule has 4 nitrogen and oxygen atoms in total. The van der Waals surface area contributed by atoms with Gasteiger partial charge in [-0.25, -0.2) is 4.98 Å². The van der Waals surface area contributed by atoms with E-state index in [1.165, 1.54) is 0 Å². The van der Waals surface area contributed by atoms with Crippen LogP contribution < -0.4 is 4.74 Å². The number of hydrogen-bond acceptors (Lipinski definition) is 3. The number of hydrogen-bond donors (Lipinski definition) is 0. The molecule has 0 N–H and O–H groups in total. The first-order valence-corrected chi connectivity index (χ1v) is 9.10. The van der Waals surface area contributed by atoms with Crippen molar-refractivity contribution in [2.24, 2.45) is 0 Å². The molecule has 0 unspecified atom stereocenters. The van der Waals surface area contributed by atoms with Gasteiger partial charge in [-0.2, -0.15) is 0 Å². The van der Waals surface area contributed by atoms with Crippen molar-refractivity contribution in [3.05, 3.63) is 71.2 Å². The van der Waals surface area contributed by atoms with E-state index < -0.39 is 0 Å². The largest absolute Gasteiger partial charge is 0.472 e. The van der Waals surface area contributed by atoms with Crippen molar-refractivity contribution in [3.8, 4) is 5.88 Å². The van der Waals surface area contributed by atoms with Crippen LogP contribution in [0.2, 0.25) is 5.02 Å². The quantitative estimate of drug-likeness (QED) is 0.697. The normalized spacial score (nSPS) is 16.8. The molecule has 0 spiro atoms. The lowest BCUT2D eigenvalue weighted by Gasteiger charge is -2.17. The Bertz CT molecular complexity index is 944. The van der Waals surface area contributed by atoms with E-state index in [0.29, 0.717) is 30.4 Å². The Balaban J connectivity index is 1.38. The number of pyridine rings is 1. The Morgan fingerprint density at radius 1 is 1.12 bits per heavy atom. The number of fused-ring (bicyclic) bond motifs is 1. The van der Waals surface area contributed by atoms with Crippen molar-refractivity contribution in [3.63, 3.8) is 0 Å². The van der Waals surface area contributed by atoms with Crippen LogP contribution >= 0.6 is 11.6 Å². The Morgan fingerprint density at radius 2 is 1.92 bits per heavy atom. The van der Waals surface area contributed by atoms with Gasteiger partial charge in [0.15, 0.2) is 0 Å². The van der Waals surface area contributed by atoms with E-state index >= 15 is 0 Å². The van der Waals surface area contributed by atoms with Crippen molar-refractivity contribution in [1.82, 2.24) is 9.88 Å². The molecule has 5 heteroatoms. The molecule has 4 rings (SSSR count). The third-order valence-electron chi connectivity index (χ3n) is 4.66. The minimum atomic E-state index is -0.0288. The summed E-state index contributed by atoms with van der Waals surface area (Å²) in [5.41, 5.74) is 1.77. The highest BCUT2D eigenvalue weighted by Gasteiger charge is 2.28. The maximum absolute atomic E-state index is 12.5. The van der Waals surface area contributed by atoms with E-state index in [2.05, 4.69) is 4.98 Å². The van der Waals surface area contributed by atoms with Gasteiger partial charge < -0.3 is 9.64 Å². The van der Waals surface area contributed by atoms with E-state index in [0.717, 1.165) is 22.9 Å². The van der Waals surface area contributed by atoms with Crippen molar-refractivity contribution >= 4 is 28.4 Å². The summed E-state index contributed by atoms with van der Waals surface area (Å²) >= 11 is 6.16. The van der Waals surface area contributed by atoms with Crippen molar-refractivity contribution < 1.29 is 9.53 Å². The molecule has 0 aliphatic carbocycles. The molecule has 1 fully saturated rings. The smallest absolute Gasteiger partial charge is 0.227 e. The number of benzene rings is 2. The van der Waals surface area contributed by atoms with E-state index in [1.807, 2.05) is 65.6 Å². The minimum Gasteiger partial charge on any atom is -0.472 e. The third-order valence-corrected chi connectivity index (χ3v) is 5.03. The predicted molar refractivity (Wildman–Crippen MR) is 103 cm³/mol. The second kappa shape index (κ2) is 7.34. The Hall–Kier alpha value is -2.59. The number of halogens is 1. The molecule has 1 aromatic heterocycles. The zero-order chi connectivity index (χ0) is 17.9. The van der Waals surface area contributed by atoms with Crippen LogP contribution in [0.1, 0.15) is 12.0 Å². The molecule has 1 atom stereocenters. The first-order chi connectivity index (χ1) is 12.7. The second-order valence-corrected chi connectivity index (χ2v) is 6.89. The topological polar surface area (TPSA) is 42.4 Å². The highest BCUT2D eigenvalue weighted by atomic mass is 35.5. The van der Waals surface area contributed by atoms with E-state index in [1.54, 1.807) is 0 Å². The Morgan fingerprint density at radius 3 is 2.81 bits per heavy atom. The molecule has 2 heterocycles. The van der Waals surface area contributed by atoms with Crippen LogP contribution in [0, 0.1) is 0 Å². The van der Waals surface area contributed by atoms with Gasteiger partial charge in [0.05, 0.1) is 18.5 Å². The maximum atomic E-state index is 12.5. The lowest BCUT2D eigenvalue weighted by Crippen LogP contribution is -2.32. The van der Waals surface area contributed by atoms with E-state index in [4.69, 9.17) is 16.3 Å². The fourth-order valence-electron chi connectivity index (χ4n) is 3.25. The van der Waals surface area contributed by atoms with Gasteiger partial charge in [-0.1, -0.05) is 48.0 Å². The molecule has 132 valence electrons. The van der Waals surface area contributed by atoms with Crippen LogP contribution in [0.3, 0.4) is 0 Å². The molecule has 1 saturated heterocycles. The Kier molecular flexibility index (Phi) is 4.76. The number of carbonyl (C=O) groups excluding carboxylic acids is 1. The SMILES string of the molecule is O=C(Cc1ccccc1Cl)N1CC[C@@H](Oc2ccc3ccccc3n2)C1. The van der Waals surface area contributed by atoms with Gasteiger partial charge in [-0.15, -0.1) is 0 Å². The molecule has 26 heavy (non-hydrogen) atoms. The number of rotatable bonds is 4. The van der Waals surface area contributed by atoms with E-state index in [-0.39, 0.29) is 12.0 Å². The zero-order valence-electron chi connectivity index (χ0n) is 14.3. The van der Waals surface area contributed by atoms with Crippen LogP contribution in [0.5, 0.6) is 5.88 Å². The number of ether oxygens (including phenoxy) is 1. The first-order valence-electron chi connectivity index (χ1n) is 8.73. The van der Waals surface area contributed by atoms with Crippen LogP contribution in [0.25, 0.3) is 10.9 Å². The van der Waals surface area contributed by atoms with Crippen molar-refractivity contribution in [2.75, 3.05) is 13.1 Å². The number of amides is 1. The second-order valence-electron chi connectivity index (χ2n) is 6.48. The summed E-state index contributed by atoms with van der Waals surface area (Å²) in [5.74, 6) is 0.685. The fourth-order valence-corrected chi connectivity index (χ4v) is 3.45. The highest BCUT2D eigenvalue weighted by Crippen LogP contribution is 2.22. The summed E-state index contributed by atoms with van der Waals surface area (Å²) in [7, 11) is 0. The Labute approximate surface area is 157 Å². The van der Waals surface area contributed by atoms with Gasteiger partial charge in [0.2, 0.25) is 11.8 Å². The maximum Gasteiger partial charge on any atom is 0.227 e. The van der Waals surface area contributed by atoms with Gasteiger partial charge in [0.1, 0.15) is 6.10 Å². The number of likely N-dealkylation sites (tertiary alicyclic amines) is 1. The van der Waals surface area contributed by atoms with Gasteiger partial charge >= 0.3 is 0 Å². The number of nitrogens with zero attached hydrogens (tertiary/aromatic N) is 2. The summed E-state index contributed by atoms with van der Waals surface area (Å²) in [5, 5.41) is 1.72. The first kappa shape index (κ1) is 16.9. The lowest BCUT2D eigenvalue weighted by atomic mass is 10.1. The zero-order valence-corrected chi connectivity index (χ0v) is 15.0. The molecule has 3 aromatic rings. The molecule has 1 aliphatic heterocycles. The monoisotopic (exact) mass is 366 g/mol. The summed E-state index contributed by atoms with van der Waals surface area (Å²) in [4.78, 5) is 18.9. The third kappa shape index (κ3) is 3.65.